The van der Waals surface area contributed by atoms with E-state index in [1.165, 1.54) is 0 Å². The molecule has 1 atom stereocenters. The third-order valence-corrected chi connectivity index (χ3v) is 3.51. The summed E-state index contributed by atoms with van der Waals surface area (Å²) in [6.45, 7) is 2.68. The maximum Gasteiger partial charge on any atom is 0.254 e. The summed E-state index contributed by atoms with van der Waals surface area (Å²) in [4.78, 5) is 14.2. The maximum absolute atomic E-state index is 12.4. The summed E-state index contributed by atoms with van der Waals surface area (Å²) in [5.74, 6) is 0.760. The number of hydrogen-bond acceptors (Lipinski definition) is 3. The number of aliphatic hydroxyl groups is 1. The lowest BCUT2D eigenvalue weighted by molar-refractivity contribution is 0.0677. The van der Waals surface area contributed by atoms with E-state index in [1.807, 2.05) is 13.0 Å². The second-order valence-corrected chi connectivity index (χ2v) is 4.66. The zero-order chi connectivity index (χ0) is 13.1. The number of amides is 1. The fraction of sp³-hybridized carbons (Fsp3) is 0.500. The van der Waals surface area contributed by atoms with Crippen LogP contribution in [-0.2, 0) is 0 Å². The number of carbonyl (C=O) groups excluding carboxylic acids is 1. The van der Waals surface area contributed by atoms with Gasteiger partial charge in [0, 0.05) is 12.1 Å². The minimum absolute atomic E-state index is 0.00621. The molecular weight excluding hydrogens is 230 g/mol. The van der Waals surface area contributed by atoms with Crippen molar-refractivity contribution in [3.8, 4) is 5.75 Å². The molecule has 1 saturated heterocycles. The number of aliphatic hydroxyl groups excluding tert-OH is 1. The van der Waals surface area contributed by atoms with E-state index in [4.69, 9.17) is 4.74 Å². The van der Waals surface area contributed by atoms with Crippen molar-refractivity contribution in [3.63, 3.8) is 0 Å². The highest BCUT2D eigenvalue weighted by atomic mass is 16.5. The quantitative estimate of drug-likeness (QED) is 0.885. The molecule has 0 saturated carbocycles. The molecule has 1 fully saturated rings. The van der Waals surface area contributed by atoms with E-state index in [0.717, 1.165) is 30.7 Å². The Morgan fingerprint density at radius 3 is 2.94 bits per heavy atom. The van der Waals surface area contributed by atoms with Gasteiger partial charge in [-0.3, -0.25) is 4.79 Å². The van der Waals surface area contributed by atoms with Gasteiger partial charge >= 0.3 is 0 Å². The van der Waals surface area contributed by atoms with E-state index in [-0.39, 0.29) is 18.6 Å². The summed E-state index contributed by atoms with van der Waals surface area (Å²) in [7, 11) is 1.61. The van der Waals surface area contributed by atoms with Crippen molar-refractivity contribution in [2.24, 2.45) is 0 Å². The van der Waals surface area contributed by atoms with Crippen molar-refractivity contribution in [1.82, 2.24) is 4.90 Å². The predicted molar refractivity (Wildman–Crippen MR) is 68.9 cm³/mol. The van der Waals surface area contributed by atoms with Gasteiger partial charge in [-0.25, -0.2) is 0 Å². The van der Waals surface area contributed by atoms with Gasteiger partial charge in [-0.1, -0.05) is 0 Å². The molecule has 2 rings (SSSR count). The number of carbonyl (C=O) groups is 1. The lowest BCUT2D eigenvalue weighted by Crippen LogP contribution is -2.37. The zero-order valence-electron chi connectivity index (χ0n) is 10.8. The number of rotatable bonds is 3. The molecule has 1 aliphatic rings. The van der Waals surface area contributed by atoms with E-state index in [1.54, 1.807) is 24.1 Å². The molecular formula is C14H19NO3. The monoisotopic (exact) mass is 249 g/mol. The van der Waals surface area contributed by atoms with Crippen LogP contribution in [0.1, 0.15) is 28.8 Å². The molecule has 1 N–H and O–H groups in total. The smallest absolute Gasteiger partial charge is 0.254 e. The van der Waals surface area contributed by atoms with E-state index >= 15 is 0 Å². The average Bonchev–Trinajstić information content (AvgIpc) is 2.86. The van der Waals surface area contributed by atoms with Gasteiger partial charge in [0.05, 0.1) is 19.8 Å². The van der Waals surface area contributed by atoms with Crippen LogP contribution < -0.4 is 4.74 Å². The summed E-state index contributed by atoms with van der Waals surface area (Å²) in [6.07, 6.45) is 1.85. The van der Waals surface area contributed by atoms with Gasteiger partial charge < -0.3 is 14.7 Å². The molecule has 1 aromatic carbocycles. The largest absolute Gasteiger partial charge is 0.497 e. The lowest BCUT2D eigenvalue weighted by Gasteiger charge is -2.23. The summed E-state index contributed by atoms with van der Waals surface area (Å²) < 4.78 is 5.13. The Balaban J connectivity index is 2.23. The molecule has 0 unspecified atom stereocenters. The van der Waals surface area contributed by atoms with Crippen LogP contribution in [-0.4, -0.2) is 42.2 Å². The molecule has 0 aliphatic carbocycles. The van der Waals surface area contributed by atoms with Gasteiger partial charge in [0.2, 0.25) is 0 Å². The summed E-state index contributed by atoms with van der Waals surface area (Å²) in [6, 6.07) is 5.42. The molecule has 18 heavy (non-hydrogen) atoms. The van der Waals surface area contributed by atoms with E-state index in [2.05, 4.69) is 0 Å². The Morgan fingerprint density at radius 1 is 1.56 bits per heavy atom. The Hall–Kier alpha value is -1.55. The van der Waals surface area contributed by atoms with Crippen molar-refractivity contribution in [2.45, 2.75) is 25.8 Å². The summed E-state index contributed by atoms with van der Waals surface area (Å²) in [5, 5.41) is 9.27. The second kappa shape index (κ2) is 5.40. The van der Waals surface area contributed by atoms with Crippen LogP contribution in [0.15, 0.2) is 18.2 Å². The Morgan fingerprint density at radius 2 is 2.33 bits per heavy atom. The van der Waals surface area contributed by atoms with Crippen LogP contribution in [0.2, 0.25) is 0 Å². The Labute approximate surface area is 107 Å². The van der Waals surface area contributed by atoms with Crippen molar-refractivity contribution < 1.29 is 14.6 Å². The third kappa shape index (κ3) is 2.34. The Bertz CT molecular complexity index is 445. The van der Waals surface area contributed by atoms with Gasteiger partial charge in [-0.15, -0.1) is 0 Å². The fourth-order valence-corrected chi connectivity index (χ4v) is 2.45. The topological polar surface area (TPSA) is 49.8 Å². The number of hydrogen-bond donors (Lipinski definition) is 1. The fourth-order valence-electron chi connectivity index (χ4n) is 2.45. The van der Waals surface area contributed by atoms with Crippen molar-refractivity contribution in [3.05, 3.63) is 29.3 Å². The highest BCUT2D eigenvalue weighted by molar-refractivity contribution is 5.96. The Kier molecular flexibility index (Phi) is 3.87. The van der Waals surface area contributed by atoms with Gasteiger partial charge in [0.15, 0.2) is 0 Å². The molecule has 0 bridgehead atoms. The van der Waals surface area contributed by atoms with Gasteiger partial charge in [-0.05, 0) is 43.5 Å². The average molecular weight is 249 g/mol. The van der Waals surface area contributed by atoms with Crippen LogP contribution in [0.4, 0.5) is 0 Å². The van der Waals surface area contributed by atoms with E-state index < -0.39 is 0 Å². The number of aryl methyl sites for hydroxylation is 1. The molecule has 1 aliphatic heterocycles. The van der Waals surface area contributed by atoms with Crippen molar-refractivity contribution in [1.29, 1.82) is 0 Å². The van der Waals surface area contributed by atoms with Crippen LogP contribution in [0.25, 0.3) is 0 Å². The minimum atomic E-state index is -0.0287. The van der Waals surface area contributed by atoms with Crippen LogP contribution >= 0.6 is 0 Å². The van der Waals surface area contributed by atoms with Gasteiger partial charge in [-0.2, -0.15) is 0 Å². The molecule has 0 spiro atoms. The van der Waals surface area contributed by atoms with Crippen LogP contribution in [0, 0.1) is 6.92 Å². The number of likely N-dealkylation sites (tertiary alicyclic amines) is 1. The molecule has 0 aromatic heterocycles. The highest BCUT2D eigenvalue weighted by Crippen LogP contribution is 2.23. The molecule has 4 heteroatoms. The first-order valence-electron chi connectivity index (χ1n) is 6.24. The summed E-state index contributed by atoms with van der Waals surface area (Å²) >= 11 is 0. The van der Waals surface area contributed by atoms with Crippen molar-refractivity contribution in [2.75, 3.05) is 20.3 Å². The van der Waals surface area contributed by atoms with E-state index in [9.17, 15) is 9.90 Å². The van der Waals surface area contributed by atoms with Crippen molar-refractivity contribution >= 4 is 5.91 Å². The second-order valence-electron chi connectivity index (χ2n) is 4.66. The first kappa shape index (κ1) is 12.9. The number of methoxy groups -OCH3 is 1. The normalized spacial score (nSPS) is 19.1. The van der Waals surface area contributed by atoms with Gasteiger partial charge in [0.1, 0.15) is 5.75 Å². The highest BCUT2D eigenvalue weighted by Gasteiger charge is 2.29. The molecule has 4 nitrogen and oxygen atoms in total. The minimum Gasteiger partial charge on any atom is -0.497 e. The van der Waals surface area contributed by atoms with Crippen LogP contribution in [0.3, 0.4) is 0 Å². The number of benzene rings is 1. The standard InChI is InChI=1S/C14H19NO3/c1-10-8-12(18-2)5-6-13(10)14(17)15-7-3-4-11(15)9-16/h5-6,8,11,16H,3-4,7,9H2,1-2H3/t11-/m1/s1. The molecule has 0 radical (unpaired) electrons. The number of ether oxygens (including phenoxy) is 1. The molecule has 1 amide bonds. The molecule has 1 aromatic rings. The lowest BCUT2D eigenvalue weighted by atomic mass is 10.1. The summed E-state index contributed by atoms with van der Waals surface area (Å²) in [5.41, 5.74) is 1.60. The number of nitrogens with zero attached hydrogens (tertiary/aromatic N) is 1. The first-order chi connectivity index (χ1) is 8.67. The predicted octanol–water partition coefficient (Wildman–Crippen LogP) is 1.60. The molecule has 1 heterocycles. The van der Waals surface area contributed by atoms with Gasteiger partial charge in [0.25, 0.3) is 5.91 Å². The zero-order valence-corrected chi connectivity index (χ0v) is 10.8. The van der Waals surface area contributed by atoms with E-state index in [0.29, 0.717) is 5.56 Å². The third-order valence-electron chi connectivity index (χ3n) is 3.51. The molecule has 98 valence electrons. The SMILES string of the molecule is COc1ccc(C(=O)N2CCC[C@@H]2CO)c(C)c1. The maximum atomic E-state index is 12.4. The first-order valence-corrected chi connectivity index (χ1v) is 6.24. The van der Waals surface area contributed by atoms with Crippen LogP contribution in [0.5, 0.6) is 5.75 Å².